The predicted octanol–water partition coefficient (Wildman–Crippen LogP) is 3.40. The summed E-state index contributed by atoms with van der Waals surface area (Å²) in [4.78, 5) is 11.6. The first kappa shape index (κ1) is 11.9. The maximum absolute atomic E-state index is 11.6. The summed E-state index contributed by atoms with van der Waals surface area (Å²) in [6.07, 6.45) is 6.89. The Bertz CT molecular complexity index is 249. The molecule has 1 heterocycles. The van der Waals surface area contributed by atoms with E-state index in [4.69, 9.17) is 4.74 Å². The van der Waals surface area contributed by atoms with E-state index in [1.165, 1.54) is 32.1 Å². The number of carbonyl (C=O) groups excluding carboxylic acids is 1. The van der Waals surface area contributed by atoms with Crippen LogP contribution in [0.25, 0.3) is 0 Å². The highest BCUT2D eigenvalue weighted by Gasteiger charge is 2.36. The Morgan fingerprint density at radius 1 is 1.31 bits per heavy atom. The van der Waals surface area contributed by atoms with Crippen LogP contribution in [0.2, 0.25) is 0 Å². The number of ether oxygens (including phenoxy) is 1. The second-order valence-corrected chi connectivity index (χ2v) is 5.73. The first-order valence-corrected chi connectivity index (χ1v) is 6.86. The molecule has 2 bridgehead atoms. The molecular formula is C14H24O2. The van der Waals surface area contributed by atoms with Crippen molar-refractivity contribution in [3.63, 3.8) is 0 Å². The molecule has 2 aliphatic rings. The first-order chi connectivity index (χ1) is 7.70. The minimum Gasteiger partial charge on any atom is -0.465 e. The van der Waals surface area contributed by atoms with Crippen molar-refractivity contribution in [2.75, 3.05) is 6.61 Å². The quantitative estimate of drug-likeness (QED) is 0.672. The lowest BCUT2D eigenvalue weighted by molar-refractivity contribution is -0.146. The van der Waals surface area contributed by atoms with Crippen molar-refractivity contribution in [1.29, 1.82) is 0 Å². The second kappa shape index (κ2) is 5.20. The Balaban J connectivity index is 2.04. The number of hydrogen-bond donors (Lipinski definition) is 0. The van der Waals surface area contributed by atoms with E-state index in [0.29, 0.717) is 24.9 Å². The number of hydrogen-bond acceptors (Lipinski definition) is 2. The molecule has 0 aromatic rings. The molecule has 16 heavy (non-hydrogen) atoms. The summed E-state index contributed by atoms with van der Waals surface area (Å²) in [5.74, 6) is 2.84. The number of fused-ring (bicyclic) bond motifs is 2. The molecule has 4 unspecified atom stereocenters. The van der Waals surface area contributed by atoms with Crippen LogP contribution in [0.3, 0.4) is 0 Å². The largest absolute Gasteiger partial charge is 0.465 e. The molecule has 92 valence electrons. The Hall–Kier alpha value is -0.530. The molecule has 1 aliphatic carbocycles. The van der Waals surface area contributed by atoms with Crippen LogP contribution in [0.15, 0.2) is 0 Å². The molecular weight excluding hydrogens is 200 g/mol. The van der Waals surface area contributed by atoms with Crippen molar-refractivity contribution in [1.82, 2.24) is 0 Å². The maximum atomic E-state index is 11.6. The summed E-state index contributed by atoms with van der Waals surface area (Å²) in [5, 5.41) is 0. The smallest absolute Gasteiger partial charge is 0.306 e. The van der Waals surface area contributed by atoms with Gasteiger partial charge in [-0.3, -0.25) is 4.79 Å². The molecule has 0 aromatic carbocycles. The Labute approximate surface area is 98.7 Å². The van der Waals surface area contributed by atoms with Crippen molar-refractivity contribution in [3.05, 3.63) is 0 Å². The zero-order valence-electron chi connectivity index (χ0n) is 10.6. The van der Waals surface area contributed by atoms with Gasteiger partial charge in [-0.1, -0.05) is 26.7 Å². The van der Waals surface area contributed by atoms with Gasteiger partial charge in [-0.2, -0.15) is 0 Å². The van der Waals surface area contributed by atoms with Crippen molar-refractivity contribution in [2.45, 2.75) is 52.4 Å². The van der Waals surface area contributed by atoms with Gasteiger partial charge in [-0.15, -0.1) is 0 Å². The van der Waals surface area contributed by atoms with Gasteiger partial charge in [-0.05, 0) is 42.9 Å². The molecule has 0 aromatic heterocycles. The number of rotatable bonds is 2. The van der Waals surface area contributed by atoms with Gasteiger partial charge in [0.25, 0.3) is 0 Å². The van der Waals surface area contributed by atoms with Crippen LogP contribution >= 0.6 is 0 Å². The fourth-order valence-corrected chi connectivity index (χ4v) is 3.54. The monoisotopic (exact) mass is 224 g/mol. The molecule has 0 radical (unpaired) electrons. The van der Waals surface area contributed by atoms with Crippen LogP contribution in [-0.2, 0) is 9.53 Å². The molecule has 0 N–H and O–H groups in total. The van der Waals surface area contributed by atoms with Gasteiger partial charge >= 0.3 is 5.97 Å². The Morgan fingerprint density at radius 3 is 2.81 bits per heavy atom. The van der Waals surface area contributed by atoms with Gasteiger partial charge in [0.05, 0.1) is 6.61 Å². The lowest BCUT2D eigenvalue weighted by Gasteiger charge is -2.22. The number of esters is 1. The molecule has 2 nitrogen and oxygen atoms in total. The normalized spacial score (nSPS) is 39.8. The highest BCUT2D eigenvalue weighted by molar-refractivity contribution is 5.69. The maximum Gasteiger partial charge on any atom is 0.306 e. The van der Waals surface area contributed by atoms with Crippen LogP contribution in [0, 0.1) is 23.7 Å². The highest BCUT2D eigenvalue weighted by atomic mass is 16.5. The standard InChI is InChI=1S/C14H24O2/c1-3-4-11-7-12-5-6-13(10(12)2)9-16-14(15)8-11/h10-13H,3-9H2,1-2H3. The molecule has 0 amide bonds. The van der Waals surface area contributed by atoms with E-state index in [0.717, 1.165) is 11.8 Å². The van der Waals surface area contributed by atoms with Crippen molar-refractivity contribution < 1.29 is 9.53 Å². The average Bonchev–Trinajstić information content (AvgIpc) is 2.60. The Morgan fingerprint density at radius 2 is 2.06 bits per heavy atom. The van der Waals surface area contributed by atoms with Crippen LogP contribution in [0.4, 0.5) is 0 Å². The van der Waals surface area contributed by atoms with Crippen LogP contribution in [-0.4, -0.2) is 12.6 Å². The summed E-state index contributed by atoms with van der Waals surface area (Å²) >= 11 is 0. The summed E-state index contributed by atoms with van der Waals surface area (Å²) in [6.45, 7) is 5.23. The van der Waals surface area contributed by atoms with E-state index < -0.39 is 0 Å². The van der Waals surface area contributed by atoms with Gasteiger partial charge in [0.15, 0.2) is 0 Å². The summed E-state index contributed by atoms with van der Waals surface area (Å²) in [6, 6.07) is 0. The second-order valence-electron chi connectivity index (χ2n) is 5.73. The zero-order valence-corrected chi connectivity index (χ0v) is 10.6. The van der Waals surface area contributed by atoms with E-state index in [1.54, 1.807) is 0 Å². The minimum atomic E-state index is 0.0400. The van der Waals surface area contributed by atoms with Gasteiger partial charge in [0.1, 0.15) is 0 Å². The third-order valence-electron chi connectivity index (χ3n) is 4.64. The topological polar surface area (TPSA) is 26.3 Å². The molecule has 1 saturated carbocycles. The van der Waals surface area contributed by atoms with Crippen molar-refractivity contribution >= 4 is 5.97 Å². The first-order valence-electron chi connectivity index (χ1n) is 6.86. The van der Waals surface area contributed by atoms with Crippen LogP contribution < -0.4 is 0 Å². The zero-order chi connectivity index (χ0) is 11.5. The highest BCUT2D eigenvalue weighted by Crippen LogP contribution is 2.42. The van der Waals surface area contributed by atoms with E-state index in [2.05, 4.69) is 13.8 Å². The lowest BCUT2D eigenvalue weighted by atomic mass is 9.83. The third kappa shape index (κ3) is 2.58. The van der Waals surface area contributed by atoms with E-state index in [9.17, 15) is 4.79 Å². The van der Waals surface area contributed by atoms with Crippen molar-refractivity contribution in [2.24, 2.45) is 23.7 Å². The molecule has 1 saturated heterocycles. The van der Waals surface area contributed by atoms with Gasteiger partial charge < -0.3 is 4.74 Å². The molecule has 1 aliphatic heterocycles. The number of cyclic esters (lactones) is 1. The molecule has 4 atom stereocenters. The fourth-order valence-electron chi connectivity index (χ4n) is 3.54. The van der Waals surface area contributed by atoms with Gasteiger partial charge in [0.2, 0.25) is 0 Å². The summed E-state index contributed by atoms with van der Waals surface area (Å²) in [5.41, 5.74) is 0. The average molecular weight is 224 g/mol. The van der Waals surface area contributed by atoms with Gasteiger partial charge in [-0.25, -0.2) is 0 Å². The van der Waals surface area contributed by atoms with Gasteiger partial charge in [0, 0.05) is 6.42 Å². The lowest BCUT2D eigenvalue weighted by Crippen LogP contribution is -2.16. The van der Waals surface area contributed by atoms with Crippen LogP contribution in [0.5, 0.6) is 0 Å². The van der Waals surface area contributed by atoms with E-state index in [-0.39, 0.29) is 5.97 Å². The molecule has 2 fully saturated rings. The number of carbonyl (C=O) groups is 1. The summed E-state index contributed by atoms with van der Waals surface area (Å²) < 4.78 is 5.40. The van der Waals surface area contributed by atoms with E-state index >= 15 is 0 Å². The summed E-state index contributed by atoms with van der Waals surface area (Å²) in [7, 11) is 0. The van der Waals surface area contributed by atoms with Crippen molar-refractivity contribution in [3.8, 4) is 0 Å². The van der Waals surface area contributed by atoms with E-state index in [1.807, 2.05) is 0 Å². The molecule has 2 heteroatoms. The molecule has 0 spiro atoms. The third-order valence-corrected chi connectivity index (χ3v) is 4.64. The minimum absolute atomic E-state index is 0.0400. The van der Waals surface area contributed by atoms with Crippen LogP contribution in [0.1, 0.15) is 52.4 Å². The Kier molecular flexibility index (Phi) is 3.88. The SMILES string of the molecule is CCCC1CC(=O)OCC2CCC(C1)C2C. The predicted molar refractivity (Wildman–Crippen MR) is 64.0 cm³/mol. The fraction of sp³-hybridized carbons (Fsp3) is 0.929. The molecule has 2 rings (SSSR count).